The van der Waals surface area contributed by atoms with Crippen LogP contribution in [-0.4, -0.2) is 92.2 Å². The van der Waals surface area contributed by atoms with E-state index in [4.69, 9.17) is 21.6 Å². The number of ether oxygens (including phenoxy) is 1. The maximum atomic E-state index is 14.2. The summed E-state index contributed by atoms with van der Waals surface area (Å²) < 4.78 is 34.5. The van der Waals surface area contributed by atoms with Crippen molar-refractivity contribution in [2.45, 2.75) is 62.0 Å². The number of guanidine groups is 1. The van der Waals surface area contributed by atoms with E-state index < -0.39 is 33.4 Å². The van der Waals surface area contributed by atoms with E-state index in [-0.39, 0.29) is 36.2 Å². The number of nitrogens with one attached hydrogen (secondary N) is 1. The van der Waals surface area contributed by atoms with E-state index in [1.54, 1.807) is 17.0 Å². The molecule has 3 aliphatic rings. The first-order valence-electron chi connectivity index (χ1n) is 13.4. The summed E-state index contributed by atoms with van der Waals surface area (Å²) in [5, 5.41) is 7.73. The number of carbonyl (C=O) groups is 2. The third kappa shape index (κ3) is 5.60. The predicted octanol–water partition coefficient (Wildman–Crippen LogP) is 0.819. The Morgan fingerprint density at radius 2 is 1.95 bits per heavy atom. The minimum Gasteiger partial charge on any atom is -0.467 e. The largest absolute Gasteiger partial charge is 0.467 e. The van der Waals surface area contributed by atoms with Gasteiger partial charge in [0.1, 0.15) is 0 Å². The lowest BCUT2D eigenvalue weighted by Gasteiger charge is -2.45. The van der Waals surface area contributed by atoms with Gasteiger partial charge < -0.3 is 26.0 Å². The van der Waals surface area contributed by atoms with Gasteiger partial charge >= 0.3 is 5.97 Å². The number of methoxy groups -OCH3 is 1. The van der Waals surface area contributed by atoms with E-state index in [1.807, 2.05) is 26.1 Å². The molecule has 1 aromatic carbocycles. The molecule has 0 spiro atoms. The van der Waals surface area contributed by atoms with Crippen LogP contribution in [0.4, 0.5) is 0 Å². The number of sulfonamides is 1. The Bertz CT molecular complexity index is 1280. The molecule has 0 aromatic heterocycles. The van der Waals surface area contributed by atoms with Gasteiger partial charge in [0, 0.05) is 32.7 Å². The second kappa shape index (κ2) is 11.4. The molecule has 5 N–H and O–H groups in total. The molecule has 214 valence electrons. The summed E-state index contributed by atoms with van der Waals surface area (Å²) in [6, 6.07) is 3.90. The maximum absolute atomic E-state index is 14.2. The number of carbonyl (C=O) groups excluding carboxylic acids is 2. The van der Waals surface area contributed by atoms with Gasteiger partial charge in [0.05, 0.1) is 18.0 Å². The molecule has 4 rings (SSSR count). The number of Topliss-reactive ketones (excluding diaryl/α,β-unsaturated/α-hetero) is 1. The molecule has 0 radical (unpaired) electrons. The lowest BCUT2D eigenvalue weighted by molar-refractivity contribution is -0.161. The van der Waals surface area contributed by atoms with Crippen molar-refractivity contribution in [2.24, 2.45) is 17.4 Å². The van der Waals surface area contributed by atoms with Crippen LogP contribution in [0.25, 0.3) is 0 Å². The second-order valence-corrected chi connectivity index (χ2v) is 12.9. The van der Waals surface area contributed by atoms with Gasteiger partial charge in [-0.15, -0.1) is 0 Å². The first-order valence-corrected chi connectivity index (χ1v) is 14.8. The fourth-order valence-electron chi connectivity index (χ4n) is 6.05. The maximum Gasteiger partial charge on any atom is 0.335 e. The van der Waals surface area contributed by atoms with E-state index in [0.29, 0.717) is 32.5 Å². The number of rotatable bonds is 7. The van der Waals surface area contributed by atoms with Crippen LogP contribution in [0.3, 0.4) is 0 Å². The molecule has 1 fully saturated rings. The van der Waals surface area contributed by atoms with Crippen molar-refractivity contribution in [2.75, 3.05) is 40.3 Å². The van der Waals surface area contributed by atoms with Gasteiger partial charge in [-0.25, -0.2) is 13.2 Å². The van der Waals surface area contributed by atoms with Gasteiger partial charge in [-0.05, 0) is 68.3 Å². The number of piperidine rings is 1. The van der Waals surface area contributed by atoms with Crippen LogP contribution in [0, 0.1) is 11.3 Å². The Kier molecular flexibility index (Phi) is 8.50. The summed E-state index contributed by atoms with van der Waals surface area (Å²) >= 11 is 0. The zero-order valence-electron chi connectivity index (χ0n) is 23.0. The van der Waals surface area contributed by atoms with Crippen molar-refractivity contribution in [3.05, 3.63) is 41.0 Å². The average molecular weight is 561 g/mol. The molecule has 1 aromatic rings. The Morgan fingerprint density at radius 3 is 2.64 bits per heavy atom. The minimum atomic E-state index is -4.26. The fourth-order valence-corrected chi connectivity index (χ4v) is 7.83. The molecular formula is C27H40N6O5S. The van der Waals surface area contributed by atoms with Crippen LogP contribution < -0.4 is 11.5 Å². The first-order chi connectivity index (χ1) is 18.4. The smallest absolute Gasteiger partial charge is 0.335 e. The number of hydrogen-bond donors (Lipinski definition) is 3. The molecular weight excluding hydrogens is 520 g/mol. The van der Waals surface area contributed by atoms with Gasteiger partial charge in [-0.3, -0.25) is 10.2 Å². The number of esters is 1. The van der Waals surface area contributed by atoms with Crippen LogP contribution in [0.2, 0.25) is 0 Å². The molecule has 12 heteroatoms. The van der Waals surface area contributed by atoms with Gasteiger partial charge in [-0.1, -0.05) is 24.6 Å². The van der Waals surface area contributed by atoms with Gasteiger partial charge in [-0.2, -0.15) is 4.31 Å². The molecule has 0 bridgehead atoms. The van der Waals surface area contributed by atoms with E-state index >= 15 is 0 Å². The minimum absolute atomic E-state index is 0.00510. The summed E-state index contributed by atoms with van der Waals surface area (Å²) in [4.78, 5) is 31.5. The van der Waals surface area contributed by atoms with Gasteiger partial charge in [0.15, 0.2) is 17.3 Å². The summed E-state index contributed by atoms with van der Waals surface area (Å²) in [7, 11) is -1.12. The van der Waals surface area contributed by atoms with Crippen LogP contribution in [0.15, 0.2) is 34.7 Å². The number of likely N-dealkylation sites (N-methyl/N-ethyl adjacent to an activating group) is 1. The van der Waals surface area contributed by atoms with Crippen LogP contribution >= 0.6 is 0 Å². The number of ketones is 1. The summed E-state index contributed by atoms with van der Waals surface area (Å²) in [6.07, 6.45) is 4.02. The van der Waals surface area contributed by atoms with Crippen LogP contribution in [0.5, 0.6) is 0 Å². The van der Waals surface area contributed by atoms with E-state index in [1.165, 1.54) is 0 Å². The number of nitrogens with two attached hydrogens (primary N) is 2. The van der Waals surface area contributed by atoms with Crippen molar-refractivity contribution in [3.8, 4) is 0 Å². The molecule has 0 aliphatic carbocycles. The average Bonchev–Trinajstić information content (AvgIpc) is 2.91. The highest BCUT2D eigenvalue weighted by atomic mass is 32.2. The molecule has 0 amide bonds. The SMILES string of the molecule is COC(=O)[C@@]1(C(=O)C(N)CC2=CCCN(C(=N)N)C2)C[C@@H](C)CCN1S(=O)(=O)c1ccc2c(c1)CN(C)CC2. The Balaban J connectivity index is 1.71. The Morgan fingerprint density at radius 1 is 1.21 bits per heavy atom. The Hall–Kier alpha value is -2.80. The lowest BCUT2D eigenvalue weighted by atomic mass is 9.76. The van der Waals surface area contributed by atoms with E-state index in [0.717, 1.165) is 41.1 Å². The third-order valence-electron chi connectivity index (χ3n) is 8.18. The second-order valence-electron chi connectivity index (χ2n) is 11.1. The molecule has 3 aliphatic heterocycles. The predicted molar refractivity (Wildman–Crippen MR) is 147 cm³/mol. The standard InChI is InChI=1S/C27H40N6O5S/c1-18-8-12-33(39(36,37)22-7-6-20-9-11-31(2)17-21(20)14-22)27(15-18,25(35)38-3)24(34)23(28)13-19-5-4-10-32(16-19)26(29)30/h5-7,14,18,23H,4,8-13,15-17,28H2,1-3H3,(H3,29,30)/t18-,23?,27-/m0/s1. The highest BCUT2D eigenvalue weighted by Gasteiger charge is 2.59. The molecule has 39 heavy (non-hydrogen) atoms. The van der Waals surface area contributed by atoms with Crippen molar-refractivity contribution >= 4 is 27.7 Å². The van der Waals surface area contributed by atoms with Crippen LogP contribution in [0.1, 0.15) is 43.7 Å². The summed E-state index contributed by atoms with van der Waals surface area (Å²) in [6.45, 7) is 4.34. The van der Waals surface area contributed by atoms with Crippen LogP contribution in [-0.2, 0) is 37.3 Å². The molecule has 3 atom stereocenters. The number of hydrogen-bond acceptors (Lipinski definition) is 8. The molecule has 11 nitrogen and oxygen atoms in total. The number of nitrogens with zero attached hydrogens (tertiary/aromatic N) is 3. The quantitative estimate of drug-likeness (QED) is 0.144. The van der Waals surface area contributed by atoms with Gasteiger partial charge in [0.2, 0.25) is 10.0 Å². The molecule has 1 saturated heterocycles. The summed E-state index contributed by atoms with van der Waals surface area (Å²) in [5.41, 5.74) is 12.8. The van der Waals surface area contributed by atoms with Crippen molar-refractivity contribution in [3.63, 3.8) is 0 Å². The third-order valence-corrected chi connectivity index (χ3v) is 10.1. The van der Waals surface area contributed by atoms with Crippen molar-refractivity contribution < 1.29 is 22.7 Å². The Labute approximate surface area is 230 Å². The van der Waals surface area contributed by atoms with Crippen molar-refractivity contribution in [1.82, 2.24) is 14.1 Å². The van der Waals surface area contributed by atoms with E-state index in [9.17, 15) is 18.0 Å². The zero-order chi connectivity index (χ0) is 28.5. The van der Waals surface area contributed by atoms with Gasteiger partial charge in [0.25, 0.3) is 0 Å². The molecule has 0 saturated carbocycles. The van der Waals surface area contributed by atoms with E-state index in [2.05, 4.69) is 4.90 Å². The number of benzene rings is 1. The zero-order valence-corrected chi connectivity index (χ0v) is 23.8. The highest BCUT2D eigenvalue weighted by molar-refractivity contribution is 7.89. The lowest BCUT2D eigenvalue weighted by Crippen LogP contribution is -2.68. The normalized spacial score (nSPS) is 25.4. The molecule has 3 heterocycles. The number of fused-ring (bicyclic) bond motifs is 1. The molecule has 1 unspecified atom stereocenters. The summed E-state index contributed by atoms with van der Waals surface area (Å²) in [5.74, 6) is -1.77. The van der Waals surface area contributed by atoms with Crippen molar-refractivity contribution in [1.29, 1.82) is 5.41 Å². The fraction of sp³-hybridized carbons (Fsp3) is 0.593. The monoisotopic (exact) mass is 560 g/mol. The first kappa shape index (κ1) is 29.2. The highest BCUT2D eigenvalue weighted by Crippen LogP contribution is 2.39. The topological polar surface area (TPSA) is 163 Å².